The van der Waals surface area contributed by atoms with Gasteiger partial charge in [0, 0.05) is 18.7 Å². The second-order valence-electron chi connectivity index (χ2n) is 7.82. The summed E-state index contributed by atoms with van der Waals surface area (Å²) in [6.07, 6.45) is 0.561. The first-order chi connectivity index (χ1) is 15.8. The Morgan fingerprint density at radius 2 is 1.64 bits per heavy atom. The van der Waals surface area contributed by atoms with E-state index in [1.54, 1.807) is 18.2 Å². The fourth-order valence-electron chi connectivity index (χ4n) is 3.62. The van der Waals surface area contributed by atoms with Crippen LogP contribution in [-0.2, 0) is 26.0 Å². The summed E-state index contributed by atoms with van der Waals surface area (Å²) < 4.78 is 32.7. The van der Waals surface area contributed by atoms with Crippen LogP contribution in [0, 0.1) is 6.92 Å². The number of carbonyl (C=O) groups is 2. The van der Waals surface area contributed by atoms with Gasteiger partial charge in [-0.05, 0) is 61.4 Å². The Morgan fingerprint density at radius 1 is 0.939 bits per heavy atom. The highest BCUT2D eigenvalue weighted by Crippen LogP contribution is 2.32. The van der Waals surface area contributed by atoms with E-state index in [1.165, 1.54) is 28.6 Å². The SMILES string of the molecule is Cc1ccc(OC(=O)CCC(=O)Nc2ccc(S(=O)(=O)N3CCc4ccccc43)cc2)cc1. The maximum absolute atomic E-state index is 13.1. The first kappa shape index (κ1) is 22.5. The Balaban J connectivity index is 1.32. The molecule has 0 atom stereocenters. The van der Waals surface area contributed by atoms with Crippen LogP contribution in [0.4, 0.5) is 11.4 Å². The molecule has 0 aliphatic carbocycles. The number of benzene rings is 3. The monoisotopic (exact) mass is 464 g/mol. The number of anilines is 2. The number of nitrogens with one attached hydrogen (secondary N) is 1. The summed E-state index contributed by atoms with van der Waals surface area (Å²) in [6, 6.07) is 20.5. The van der Waals surface area contributed by atoms with Gasteiger partial charge in [-0.2, -0.15) is 0 Å². The Kier molecular flexibility index (Phi) is 6.46. The molecule has 4 rings (SSSR count). The molecule has 0 radical (unpaired) electrons. The zero-order valence-corrected chi connectivity index (χ0v) is 19.0. The van der Waals surface area contributed by atoms with E-state index in [2.05, 4.69) is 5.32 Å². The lowest BCUT2D eigenvalue weighted by Crippen LogP contribution is -2.29. The average molecular weight is 465 g/mol. The van der Waals surface area contributed by atoms with Gasteiger partial charge in [-0.15, -0.1) is 0 Å². The molecule has 0 unspecified atom stereocenters. The molecule has 3 aromatic rings. The normalized spacial score (nSPS) is 12.8. The van der Waals surface area contributed by atoms with Crippen LogP contribution in [0.3, 0.4) is 0 Å². The number of sulfonamides is 1. The van der Waals surface area contributed by atoms with Gasteiger partial charge in [0.2, 0.25) is 5.91 Å². The van der Waals surface area contributed by atoms with E-state index in [-0.39, 0.29) is 23.6 Å². The molecular formula is C25H24N2O5S. The zero-order valence-electron chi connectivity index (χ0n) is 18.2. The summed E-state index contributed by atoms with van der Waals surface area (Å²) in [5.74, 6) is -0.426. The fraction of sp³-hybridized carbons (Fsp3) is 0.200. The number of fused-ring (bicyclic) bond motifs is 1. The summed E-state index contributed by atoms with van der Waals surface area (Å²) in [6.45, 7) is 2.34. The van der Waals surface area contributed by atoms with E-state index >= 15 is 0 Å². The van der Waals surface area contributed by atoms with Crippen LogP contribution in [-0.4, -0.2) is 26.8 Å². The van der Waals surface area contributed by atoms with Crippen molar-refractivity contribution >= 4 is 33.3 Å². The Bertz CT molecular complexity index is 1270. The quantitative estimate of drug-likeness (QED) is 0.420. The lowest BCUT2D eigenvalue weighted by atomic mass is 10.2. The van der Waals surface area contributed by atoms with Crippen molar-refractivity contribution in [2.75, 3.05) is 16.2 Å². The third kappa shape index (κ3) is 5.23. The van der Waals surface area contributed by atoms with E-state index in [9.17, 15) is 18.0 Å². The van der Waals surface area contributed by atoms with Crippen LogP contribution in [0.15, 0.2) is 77.7 Å². The summed E-state index contributed by atoms with van der Waals surface area (Å²) >= 11 is 0. The molecule has 0 aromatic heterocycles. The van der Waals surface area contributed by atoms with Crippen LogP contribution in [0.25, 0.3) is 0 Å². The van der Waals surface area contributed by atoms with Crippen molar-refractivity contribution in [2.24, 2.45) is 0 Å². The van der Waals surface area contributed by atoms with Crippen LogP contribution < -0.4 is 14.4 Å². The zero-order chi connectivity index (χ0) is 23.4. The predicted octanol–water partition coefficient (Wildman–Crippen LogP) is 4.07. The van der Waals surface area contributed by atoms with Crippen molar-refractivity contribution in [3.05, 3.63) is 83.9 Å². The number of ether oxygens (including phenoxy) is 1. The smallest absolute Gasteiger partial charge is 0.311 e. The molecule has 1 amide bonds. The second kappa shape index (κ2) is 9.46. The highest BCUT2D eigenvalue weighted by atomic mass is 32.2. The number of amides is 1. The molecule has 8 heteroatoms. The highest BCUT2D eigenvalue weighted by molar-refractivity contribution is 7.92. The topological polar surface area (TPSA) is 92.8 Å². The van der Waals surface area contributed by atoms with Crippen LogP contribution in [0.5, 0.6) is 5.75 Å². The molecule has 3 aromatic carbocycles. The standard InChI is InChI=1S/C25H24N2O5S/c1-18-6-10-21(11-7-18)32-25(29)15-14-24(28)26-20-8-12-22(13-9-20)33(30,31)27-17-16-19-4-2-3-5-23(19)27/h2-13H,14-17H2,1H3,(H,26,28). The van der Waals surface area contributed by atoms with E-state index in [0.717, 1.165) is 11.1 Å². The first-order valence-electron chi connectivity index (χ1n) is 10.6. The third-order valence-electron chi connectivity index (χ3n) is 5.38. The average Bonchev–Trinajstić information content (AvgIpc) is 3.25. The molecule has 1 N–H and O–H groups in total. The Labute approximate surface area is 193 Å². The number of hydrogen-bond donors (Lipinski definition) is 1. The van der Waals surface area contributed by atoms with E-state index in [0.29, 0.717) is 30.1 Å². The van der Waals surface area contributed by atoms with Gasteiger partial charge in [0.15, 0.2) is 0 Å². The van der Waals surface area contributed by atoms with Crippen molar-refractivity contribution in [3.8, 4) is 5.75 Å². The molecule has 1 aliphatic rings. The highest BCUT2D eigenvalue weighted by Gasteiger charge is 2.30. The van der Waals surface area contributed by atoms with Gasteiger partial charge in [-0.1, -0.05) is 35.9 Å². The minimum Gasteiger partial charge on any atom is -0.427 e. The lowest BCUT2D eigenvalue weighted by Gasteiger charge is -2.19. The molecule has 0 saturated heterocycles. The van der Waals surface area contributed by atoms with Gasteiger partial charge in [0.1, 0.15) is 5.75 Å². The van der Waals surface area contributed by atoms with Crippen molar-refractivity contribution in [1.29, 1.82) is 0 Å². The number of esters is 1. The maximum Gasteiger partial charge on any atom is 0.311 e. The third-order valence-corrected chi connectivity index (χ3v) is 7.21. The van der Waals surface area contributed by atoms with Crippen molar-refractivity contribution in [1.82, 2.24) is 0 Å². The van der Waals surface area contributed by atoms with Gasteiger partial charge in [-0.25, -0.2) is 8.42 Å². The number of rotatable bonds is 7. The summed E-state index contributed by atoms with van der Waals surface area (Å²) in [7, 11) is -3.69. The van der Waals surface area contributed by atoms with Gasteiger partial charge < -0.3 is 10.1 Å². The number of hydrogen-bond acceptors (Lipinski definition) is 5. The van der Waals surface area contributed by atoms with Gasteiger partial charge in [-0.3, -0.25) is 13.9 Å². The summed E-state index contributed by atoms with van der Waals surface area (Å²) in [5, 5.41) is 2.68. The molecule has 170 valence electrons. The fourth-order valence-corrected chi connectivity index (χ4v) is 5.13. The van der Waals surface area contributed by atoms with Crippen LogP contribution in [0.2, 0.25) is 0 Å². The number of aryl methyl sites for hydroxylation is 1. The molecule has 0 saturated carbocycles. The largest absolute Gasteiger partial charge is 0.427 e. The van der Waals surface area contributed by atoms with E-state index < -0.39 is 16.0 Å². The molecule has 0 spiro atoms. The molecular weight excluding hydrogens is 440 g/mol. The van der Waals surface area contributed by atoms with E-state index in [4.69, 9.17) is 4.74 Å². The Hall–Kier alpha value is -3.65. The molecule has 1 heterocycles. The number of nitrogens with zero attached hydrogens (tertiary/aromatic N) is 1. The van der Waals surface area contributed by atoms with Gasteiger partial charge in [0.05, 0.1) is 17.0 Å². The van der Waals surface area contributed by atoms with Gasteiger partial charge in [0.25, 0.3) is 10.0 Å². The molecule has 0 bridgehead atoms. The summed E-state index contributed by atoms with van der Waals surface area (Å²) in [5.41, 5.74) is 3.21. The maximum atomic E-state index is 13.1. The first-order valence-corrected chi connectivity index (χ1v) is 12.0. The lowest BCUT2D eigenvalue weighted by molar-refractivity contribution is -0.135. The Morgan fingerprint density at radius 3 is 2.36 bits per heavy atom. The molecule has 7 nitrogen and oxygen atoms in total. The second-order valence-corrected chi connectivity index (χ2v) is 9.68. The van der Waals surface area contributed by atoms with Crippen LogP contribution >= 0.6 is 0 Å². The van der Waals surface area contributed by atoms with Crippen molar-refractivity contribution < 1.29 is 22.7 Å². The van der Waals surface area contributed by atoms with Gasteiger partial charge >= 0.3 is 5.97 Å². The van der Waals surface area contributed by atoms with Crippen molar-refractivity contribution in [2.45, 2.75) is 31.1 Å². The van der Waals surface area contributed by atoms with Crippen LogP contribution in [0.1, 0.15) is 24.0 Å². The minimum absolute atomic E-state index is 0.0463. The van der Waals surface area contributed by atoms with E-state index in [1.807, 2.05) is 37.3 Å². The van der Waals surface area contributed by atoms with Crippen molar-refractivity contribution in [3.63, 3.8) is 0 Å². The predicted molar refractivity (Wildman–Crippen MR) is 126 cm³/mol. The summed E-state index contributed by atoms with van der Waals surface area (Å²) in [4.78, 5) is 24.3. The molecule has 1 aliphatic heterocycles. The minimum atomic E-state index is -3.69. The number of carbonyl (C=O) groups excluding carboxylic acids is 2. The molecule has 0 fully saturated rings. The molecule has 33 heavy (non-hydrogen) atoms. The number of para-hydroxylation sites is 1.